The van der Waals surface area contributed by atoms with Gasteiger partial charge in [-0.1, -0.05) is 35.5 Å². The molecule has 1 fully saturated rings. The lowest BCUT2D eigenvalue weighted by Gasteiger charge is -2.22. The number of carbonyl (C=O) groups excluding carboxylic acids is 1. The van der Waals surface area contributed by atoms with Gasteiger partial charge in [-0.15, -0.1) is 0 Å². The topological polar surface area (TPSA) is 64.4 Å². The zero-order valence-corrected chi connectivity index (χ0v) is 12.5. The summed E-state index contributed by atoms with van der Waals surface area (Å²) in [5, 5.41) is 6.95. The molecule has 2 aromatic rings. The van der Waals surface area contributed by atoms with Gasteiger partial charge in [0.1, 0.15) is 0 Å². The summed E-state index contributed by atoms with van der Waals surface area (Å²) in [4.78, 5) is 12.1. The highest BCUT2D eigenvalue weighted by Crippen LogP contribution is 2.11. The molecule has 3 rings (SSSR count). The van der Waals surface area contributed by atoms with Crippen molar-refractivity contribution in [1.82, 2.24) is 10.5 Å². The first-order valence-corrected chi connectivity index (χ1v) is 7.69. The molecular weight excluding hydrogens is 280 g/mol. The van der Waals surface area contributed by atoms with Crippen molar-refractivity contribution in [2.24, 2.45) is 0 Å². The summed E-state index contributed by atoms with van der Waals surface area (Å²) in [6.07, 6.45) is 3.34. The summed E-state index contributed by atoms with van der Waals surface area (Å²) in [6, 6.07) is 12.1. The van der Waals surface area contributed by atoms with Crippen LogP contribution in [0.25, 0.3) is 0 Å². The van der Waals surface area contributed by atoms with Gasteiger partial charge >= 0.3 is 0 Å². The van der Waals surface area contributed by atoms with Crippen LogP contribution in [0.5, 0.6) is 0 Å². The summed E-state index contributed by atoms with van der Waals surface area (Å²) in [5.41, 5.74) is 2.06. The van der Waals surface area contributed by atoms with Gasteiger partial charge in [0.2, 0.25) is 5.76 Å². The van der Waals surface area contributed by atoms with Gasteiger partial charge < -0.3 is 14.6 Å². The highest BCUT2D eigenvalue weighted by molar-refractivity contribution is 5.91. The second-order valence-corrected chi connectivity index (χ2v) is 5.53. The van der Waals surface area contributed by atoms with Crippen molar-refractivity contribution >= 4 is 5.91 Å². The number of rotatable bonds is 5. The molecule has 1 N–H and O–H groups in total. The second-order valence-electron chi connectivity index (χ2n) is 5.53. The van der Waals surface area contributed by atoms with E-state index >= 15 is 0 Å². The number of carbonyl (C=O) groups is 1. The smallest absolute Gasteiger partial charge is 0.290 e. The molecule has 1 aliphatic heterocycles. The Balaban J connectivity index is 1.52. The van der Waals surface area contributed by atoms with Crippen molar-refractivity contribution < 1.29 is 14.1 Å². The molecule has 5 nitrogen and oxygen atoms in total. The van der Waals surface area contributed by atoms with Gasteiger partial charge in [-0.3, -0.25) is 4.79 Å². The van der Waals surface area contributed by atoms with E-state index in [1.807, 2.05) is 18.2 Å². The van der Waals surface area contributed by atoms with Gasteiger partial charge in [0.15, 0.2) is 0 Å². The van der Waals surface area contributed by atoms with E-state index in [0.717, 1.165) is 31.4 Å². The molecule has 0 saturated carbocycles. The van der Waals surface area contributed by atoms with Crippen LogP contribution in [0.4, 0.5) is 0 Å². The number of nitrogens with zero attached hydrogens (tertiary/aromatic N) is 1. The number of aryl methyl sites for hydroxylation is 2. The molecule has 5 heteroatoms. The predicted molar refractivity (Wildman–Crippen MR) is 81.7 cm³/mol. The van der Waals surface area contributed by atoms with Gasteiger partial charge in [0, 0.05) is 25.3 Å². The average molecular weight is 300 g/mol. The Morgan fingerprint density at radius 2 is 1.95 bits per heavy atom. The molecule has 0 atom stereocenters. The Kier molecular flexibility index (Phi) is 4.85. The zero-order chi connectivity index (χ0) is 15.2. The van der Waals surface area contributed by atoms with Crippen molar-refractivity contribution in [3.63, 3.8) is 0 Å². The minimum atomic E-state index is -0.189. The van der Waals surface area contributed by atoms with Crippen LogP contribution in [0.3, 0.4) is 0 Å². The second kappa shape index (κ2) is 7.22. The fourth-order valence-electron chi connectivity index (χ4n) is 2.55. The van der Waals surface area contributed by atoms with Crippen LogP contribution >= 0.6 is 0 Å². The number of hydrogen-bond acceptors (Lipinski definition) is 4. The SMILES string of the molecule is O=C(NC1CCOCC1)c1cc(CCc2ccccc2)no1. The van der Waals surface area contributed by atoms with E-state index in [0.29, 0.717) is 13.2 Å². The Labute approximate surface area is 129 Å². The van der Waals surface area contributed by atoms with Gasteiger partial charge in [-0.2, -0.15) is 0 Å². The summed E-state index contributed by atoms with van der Waals surface area (Å²) < 4.78 is 10.4. The fraction of sp³-hybridized carbons (Fsp3) is 0.412. The monoisotopic (exact) mass is 300 g/mol. The minimum absolute atomic E-state index is 0.166. The summed E-state index contributed by atoms with van der Waals surface area (Å²) >= 11 is 0. The predicted octanol–water partition coefficient (Wildman–Crippen LogP) is 2.37. The molecule has 1 aromatic carbocycles. The van der Waals surface area contributed by atoms with E-state index in [9.17, 15) is 4.79 Å². The molecule has 22 heavy (non-hydrogen) atoms. The maximum absolute atomic E-state index is 12.1. The van der Waals surface area contributed by atoms with E-state index < -0.39 is 0 Å². The largest absolute Gasteiger partial charge is 0.381 e. The Morgan fingerprint density at radius 3 is 2.73 bits per heavy atom. The van der Waals surface area contributed by atoms with Crippen molar-refractivity contribution in [3.05, 3.63) is 53.4 Å². The maximum atomic E-state index is 12.1. The Bertz CT molecular complexity index is 603. The number of hydrogen-bond donors (Lipinski definition) is 1. The molecule has 1 saturated heterocycles. The number of nitrogens with one attached hydrogen (secondary N) is 1. The van der Waals surface area contributed by atoms with Crippen LogP contribution in [0, 0.1) is 0 Å². The molecule has 0 unspecified atom stereocenters. The van der Waals surface area contributed by atoms with Crippen LogP contribution in [-0.2, 0) is 17.6 Å². The average Bonchev–Trinajstić information content (AvgIpc) is 3.04. The first-order chi connectivity index (χ1) is 10.8. The molecule has 0 bridgehead atoms. The highest BCUT2D eigenvalue weighted by Gasteiger charge is 2.19. The third-order valence-corrected chi connectivity index (χ3v) is 3.85. The number of aromatic nitrogens is 1. The van der Waals surface area contributed by atoms with E-state index in [-0.39, 0.29) is 17.7 Å². The summed E-state index contributed by atoms with van der Waals surface area (Å²) in [7, 11) is 0. The normalized spacial score (nSPS) is 15.6. The van der Waals surface area contributed by atoms with E-state index in [1.165, 1.54) is 5.56 Å². The molecular formula is C17H20N2O3. The van der Waals surface area contributed by atoms with Crippen LogP contribution in [0.1, 0.15) is 34.7 Å². The van der Waals surface area contributed by atoms with Gasteiger partial charge in [0.05, 0.1) is 5.69 Å². The van der Waals surface area contributed by atoms with Crippen LogP contribution in [0.15, 0.2) is 40.9 Å². The fourth-order valence-corrected chi connectivity index (χ4v) is 2.55. The van der Waals surface area contributed by atoms with Gasteiger partial charge in [-0.05, 0) is 31.2 Å². The highest BCUT2D eigenvalue weighted by atomic mass is 16.5. The molecule has 116 valence electrons. The van der Waals surface area contributed by atoms with E-state index in [2.05, 4.69) is 22.6 Å². The molecule has 2 heterocycles. The first kappa shape index (κ1) is 14.8. The molecule has 1 aromatic heterocycles. The van der Waals surface area contributed by atoms with Gasteiger partial charge in [0.25, 0.3) is 5.91 Å². The molecule has 0 spiro atoms. The van der Waals surface area contributed by atoms with Crippen molar-refractivity contribution in [1.29, 1.82) is 0 Å². The van der Waals surface area contributed by atoms with Gasteiger partial charge in [-0.25, -0.2) is 0 Å². The summed E-state index contributed by atoms with van der Waals surface area (Å²) in [5.74, 6) is 0.0971. The molecule has 0 radical (unpaired) electrons. The first-order valence-electron chi connectivity index (χ1n) is 7.69. The standard InChI is InChI=1S/C17H20N2O3/c20-17(18-14-8-10-21-11-9-14)16-12-15(19-22-16)7-6-13-4-2-1-3-5-13/h1-5,12,14H,6-11H2,(H,18,20). The number of amides is 1. The third-order valence-electron chi connectivity index (χ3n) is 3.85. The van der Waals surface area contributed by atoms with E-state index in [4.69, 9.17) is 9.26 Å². The van der Waals surface area contributed by atoms with Crippen molar-refractivity contribution in [2.45, 2.75) is 31.7 Å². The Hall–Kier alpha value is -2.14. The van der Waals surface area contributed by atoms with Crippen LogP contribution < -0.4 is 5.32 Å². The number of benzene rings is 1. The third kappa shape index (κ3) is 3.95. The molecule has 0 aliphatic carbocycles. The lowest BCUT2D eigenvalue weighted by molar-refractivity contribution is 0.0679. The van der Waals surface area contributed by atoms with E-state index in [1.54, 1.807) is 6.07 Å². The Morgan fingerprint density at radius 1 is 1.18 bits per heavy atom. The zero-order valence-electron chi connectivity index (χ0n) is 12.5. The van der Waals surface area contributed by atoms with Crippen molar-refractivity contribution in [3.8, 4) is 0 Å². The maximum Gasteiger partial charge on any atom is 0.290 e. The molecule has 1 aliphatic rings. The lowest BCUT2D eigenvalue weighted by atomic mass is 10.1. The van der Waals surface area contributed by atoms with Crippen LogP contribution in [0.2, 0.25) is 0 Å². The summed E-state index contributed by atoms with van der Waals surface area (Å²) in [6.45, 7) is 1.40. The minimum Gasteiger partial charge on any atom is -0.381 e. The number of ether oxygens (including phenoxy) is 1. The molecule has 1 amide bonds. The van der Waals surface area contributed by atoms with Crippen LogP contribution in [-0.4, -0.2) is 30.3 Å². The quantitative estimate of drug-likeness (QED) is 0.920. The van der Waals surface area contributed by atoms with Crippen molar-refractivity contribution in [2.75, 3.05) is 13.2 Å². The lowest BCUT2D eigenvalue weighted by Crippen LogP contribution is -2.38.